The Bertz CT molecular complexity index is 665. The van der Waals surface area contributed by atoms with Gasteiger partial charge in [0.2, 0.25) is 5.91 Å². The van der Waals surface area contributed by atoms with E-state index in [-0.39, 0.29) is 6.10 Å². The number of hydrogen-bond donors (Lipinski definition) is 2. The van der Waals surface area contributed by atoms with Gasteiger partial charge in [-0.05, 0) is 24.1 Å². The Balaban J connectivity index is 1.52. The lowest BCUT2D eigenvalue weighted by Gasteiger charge is -2.18. The fourth-order valence-electron chi connectivity index (χ4n) is 2.99. The molecule has 1 fully saturated rings. The Hall–Kier alpha value is -2.18. The first-order valence-corrected chi connectivity index (χ1v) is 7.83. The van der Waals surface area contributed by atoms with E-state index in [0.717, 1.165) is 37.2 Å². The second-order valence-corrected chi connectivity index (χ2v) is 5.98. The molecule has 0 radical (unpaired) electrons. The first kappa shape index (κ1) is 15.7. The van der Waals surface area contributed by atoms with E-state index in [9.17, 15) is 4.79 Å². The van der Waals surface area contributed by atoms with Gasteiger partial charge in [0.15, 0.2) is 0 Å². The van der Waals surface area contributed by atoms with Crippen molar-refractivity contribution in [3.63, 3.8) is 0 Å². The fourth-order valence-corrected chi connectivity index (χ4v) is 2.99. The summed E-state index contributed by atoms with van der Waals surface area (Å²) in [6.45, 7) is 2.44. The Morgan fingerprint density at radius 1 is 1.43 bits per heavy atom. The highest BCUT2D eigenvalue weighted by Gasteiger charge is 2.30. The number of aryl methyl sites for hydroxylation is 1. The van der Waals surface area contributed by atoms with E-state index in [1.807, 2.05) is 36.3 Å². The maximum atomic E-state index is 11.1. The largest absolute Gasteiger partial charge is 0.373 e. The second-order valence-electron chi connectivity index (χ2n) is 5.98. The van der Waals surface area contributed by atoms with Crippen LogP contribution in [0.3, 0.4) is 0 Å². The van der Waals surface area contributed by atoms with Gasteiger partial charge in [0.05, 0.1) is 12.3 Å². The summed E-state index contributed by atoms with van der Waals surface area (Å²) in [4.78, 5) is 11.1. The van der Waals surface area contributed by atoms with Gasteiger partial charge >= 0.3 is 0 Å². The Morgan fingerprint density at radius 3 is 2.87 bits per heavy atom. The molecule has 23 heavy (non-hydrogen) atoms. The molecule has 0 aliphatic carbocycles. The summed E-state index contributed by atoms with van der Waals surface area (Å²) in [6, 6.07) is 7.38. The number of nitrogens with zero attached hydrogens (tertiary/aromatic N) is 2. The molecule has 0 unspecified atom stereocenters. The van der Waals surface area contributed by atoms with Crippen molar-refractivity contribution >= 4 is 5.91 Å². The first-order chi connectivity index (χ1) is 11.1. The van der Waals surface area contributed by atoms with Crippen LogP contribution in [0.4, 0.5) is 0 Å². The van der Waals surface area contributed by atoms with Gasteiger partial charge in [0.1, 0.15) is 0 Å². The minimum Gasteiger partial charge on any atom is -0.373 e. The maximum absolute atomic E-state index is 11.1. The van der Waals surface area contributed by atoms with Crippen LogP contribution in [0.5, 0.6) is 0 Å². The van der Waals surface area contributed by atoms with Crippen LogP contribution in [0, 0.1) is 5.92 Å². The van der Waals surface area contributed by atoms with Gasteiger partial charge in [-0.3, -0.25) is 9.48 Å². The predicted octanol–water partition coefficient (Wildman–Crippen LogP) is 1.39. The predicted molar refractivity (Wildman–Crippen MR) is 86.7 cm³/mol. The van der Waals surface area contributed by atoms with Crippen LogP contribution in [-0.2, 0) is 18.3 Å². The Morgan fingerprint density at radius 2 is 2.22 bits per heavy atom. The molecule has 1 aliphatic rings. The molecule has 3 N–H and O–H groups in total. The van der Waals surface area contributed by atoms with Gasteiger partial charge in [0.25, 0.3) is 0 Å². The van der Waals surface area contributed by atoms with E-state index >= 15 is 0 Å². The minimum absolute atomic E-state index is 0.119. The number of carbonyl (C=O) groups excluding carboxylic acids is 1. The third kappa shape index (κ3) is 3.78. The van der Waals surface area contributed by atoms with Crippen LogP contribution >= 0.6 is 0 Å². The number of nitrogens with two attached hydrogens (primary N) is 1. The quantitative estimate of drug-likeness (QED) is 0.844. The van der Waals surface area contributed by atoms with Crippen LogP contribution < -0.4 is 11.1 Å². The number of benzene rings is 1. The summed E-state index contributed by atoms with van der Waals surface area (Å²) in [5, 5.41) is 7.70. The summed E-state index contributed by atoms with van der Waals surface area (Å²) in [6.07, 6.45) is 5.07. The Labute approximate surface area is 135 Å². The summed E-state index contributed by atoms with van der Waals surface area (Å²) in [7, 11) is 1.92. The highest BCUT2D eigenvalue weighted by molar-refractivity contribution is 5.92. The molecule has 2 heterocycles. The fraction of sp³-hybridized carbons (Fsp3) is 0.412. The van der Waals surface area contributed by atoms with Crippen LogP contribution in [0.1, 0.15) is 34.0 Å². The number of nitrogens with one attached hydrogen (secondary N) is 1. The van der Waals surface area contributed by atoms with E-state index in [0.29, 0.717) is 11.5 Å². The van der Waals surface area contributed by atoms with Crippen molar-refractivity contribution in [3.05, 3.63) is 53.3 Å². The van der Waals surface area contributed by atoms with E-state index in [1.165, 1.54) is 0 Å². The third-order valence-electron chi connectivity index (χ3n) is 4.24. The van der Waals surface area contributed by atoms with E-state index < -0.39 is 5.91 Å². The molecular weight excluding hydrogens is 292 g/mol. The van der Waals surface area contributed by atoms with Crippen molar-refractivity contribution in [1.82, 2.24) is 15.1 Å². The average molecular weight is 314 g/mol. The van der Waals surface area contributed by atoms with E-state index in [2.05, 4.69) is 10.4 Å². The molecule has 1 aromatic carbocycles. The molecule has 2 aromatic rings. The molecule has 1 saturated heterocycles. The lowest BCUT2D eigenvalue weighted by molar-refractivity contribution is 0.0904. The third-order valence-corrected chi connectivity index (χ3v) is 4.24. The molecule has 0 bridgehead atoms. The van der Waals surface area contributed by atoms with Gasteiger partial charge in [-0.15, -0.1) is 0 Å². The molecule has 3 rings (SSSR count). The number of primary amides is 1. The minimum atomic E-state index is -0.396. The number of ether oxygens (including phenoxy) is 1. The number of aromatic nitrogens is 2. The molecule has 6 heteroatoms. The van der Waals surface area contributed by atoms with Gasteiger partial charge < -0.3 is 15.8 Å². The van der Waals surface area contributed by atoms with Gasteiger partial charge in [-0.25, -0.2) is 0 Å². The molecule has 1 aromatic heterocycles. The van der Waals surface area contributed by atoms with Crippen molar-refractivity contribution < 1.29 is 9.53 Å². The monoisotopic (exact) mass is 314 g/mol. The maximum Gasteiger partial charge on any atom is 0.248 e. The molecule has 0 spiro atoms. The van der Waals surface area contributed by atoms with Gasteiger partial charge in [-0.2, -0.15) is 5.10 Å². The van der Waals surface area contributed by atoms with Gasteiger partial charge in [-0.1, -0.05) is 12.1 Å². The normalized spacial score (nSPS) is 20.7. The van der Waals surface area contributed by atoms with Crippen molar-refractivity contribution in [2.45, 2.75) is 19.1 Å². The van der Waals surface area contributed by atoms with Crippen molar-refractivity contribution in [3.8, 4) is 0 Å². The zero-order valence-electron chi connectivity index (χ0n) is 13.2. The number of hydrogen-bond acceptors (Lipinski definition) is 4. The SMILES string of the molecule is Cn1cc([C@@H]2OCC[C@H]2CNCc2ccc(C(N)=O)cc2)cn1. The second kappa shape index (κ2) is 6.93. The van der Waals surface area contributed by atoms with E-state index in [1.54, 1.807) is 12.1 Å². The number of carbonyl (C=O) groups is 1. The van der Waals surface area contributed by atoms with Crippen LogP contribution in [0.2, 0.25) is 0 Å². The van der Waals surface area contributed by atoms with Crippen molar-refractivity contribution in [1.29, 1.82) is 0 Å². The molecular formula is C17H22N4O2. The Kier molecular flexibility index (Phi) is 4.73. The van der Waals surface area contributed by atoms with E-state index in [4.69, 9.17) is 10.5 Å². The van der Waals surface area contributed by atoms with Crippen molar-refractivity contribution in [2.24, 2.45) is 18.7 Å². The zero-order valence-corrected chi connectivity index (χ0v) is 13.2. The molecule has 2 atom stereocenters. The topological polar surface area (TPSA) is 82.2 Å². The molecule has 1 amide bonds. The zero-order chi connectivity index (χ0) is 16.2. The smallest absolute Gasteiger partial charge is 0.248 e. The highest BCUT2D eigenvalue weighted by atomic mass is 16.5. The van der Waals surface area contributed by atoms with Crippen LogP contribution in [0.25, 0.3) is 0 Å². The number of rotatable bonds is 6. The highest BCUT2D eigenvalue weighted by Crippen LogP contribution is 2.33. The number of amides is 1. The standard InChI is InChI=1S/C17H22N4O2/c1-21-11-15(10-20-21)16-14(6-7-23-16)9-19-8-12-2-4-13(5-3-12)17(18)22/h2-5,10-11,14,16,19H,6-9H2,1H3,(H2,18,22)/t14-,16+/m0/s1. The molecule has 0 saturated carbocycles. The summed E-state index contributed by atoms with van der Waals surface area (Å²) in [5.74, 6) is 0.0519. The molecule has 6 nitrogen and oxygen atoms in total. The summed E-state index contributed by atoms with van der Waals surface area (Å²) in [5.41, 5.74) is 8.05. The summed E-state index contributed by atoms with van der Waals surface area (Å²) < 4.78 is 7.67. The lowest BCUT2D eigenvalue weighted by Crippen LogP contribution is -2.24. The lowest BCUT2D eigenvalue weighted by atomic mass is 9.97. The molecule has 1 aliphatic heterocycles. The summed E-state index contributed by atoms with van der Waals surface area (Å²) >= 11 is 0. The average Bonchev–Trinajstić information content (AvgIpc) is 3.16. The first-order valence-electron chi connectivity index (χ1n) is 7.83. The van der Waals surface area contributed by atoms with Crippen molar-refractivity contribution in [2.75, 3.05) is 13.2 Å². The van der Waals surface area contributed by atoms with Crippen LogP contribution in [0.15, 0.2) is 36.7 Å². The molecule has 122 valence electrons. The van der Waals surface area contributed by atoms with Crippen LogP contribution in [-0.4, -0.2) is 28.8 Å². The van der Waals surface area contributed by atoms with Gasteiger partial charge in [0, 0.05) is 50.0 Å².